The highest BCUT2D eigenvalue weighted by molar-refractivity contribution is 5.25. The smallest absolute Gasteiger partial charge is 0.222 e. The second-order valence-electron chi connectivity index (χ2n) is 5.04. The van der Waals surface area contributed by atoms with Crippen LogP contribution in [-0.4, -0.2) is 32.1 Å². The molecular weight excluding hydrogens is 252 g/mol. The summed E-state index contributed by atoms with van der Waals surface area (Å²) in [4.78, 5) is 12.6. The maximum atomic E-state index is 4.28. The first kappa shape index (κ1) is 14.5. The van der Waals surface area contributed by atoms with Gasteiger partial charge in [-0.3, -0.25) is 0 Å². The van der Waals surface area contributed by atoms with Crippen LogP contribution in [0.25, 0.3) is 0 Å². The topological polar surface area (TPSA) is 67.7 Å². The SMILES string of the molecule is CC(C)Nc1ncc(CNCCCn2ccnc2)cn1. The molecule has 6 nitrogen and oxygen atoms in total. The monoisotopic (exact) mass is 274 g/mol. The maximum Gasteiger partial charge on any atom is 0.222 e. The van der Waals surface area contributed by atoms with Crippen LogP contribution in [-0.2, 0) is 13.1 Å². The van der Waals surface area contributed by atoms with Gasteiger partial charge in [0.1, 0.15) is 0 Å². The van der Waals surface area contributed by atoms with Crippen molar-refractivity contribution in [3.63, 3.8) is 0 Å². The molecule has 6 heteroatoms. The summed E-state index contributed by atoms with van der Waals surface area (Å²) in [5.41, 5.74) is 1.10. The Bertz CT molecular complexity index is 477. The van der Waals surface area contributed by atoms with Crippen LogP contribution in [0.2, 0.25) is 0 Å². The molecule has 0 aliphatic heterocycles. The molecule has 2 heterocycles. The number of aryl methyl sites for hydroxylation is 1. The largest absolute Gasteiger partial charge is 0.352 e. The van der Waals surface area contributed by atoms with Gasteiger partial charge >= 0.3 is 0 Å². The minimum absolute atomic E-state index is 0.349. The summed E-state index contributed by atoms with van der Waals surface area (Å²) in [5.74, 6) is 0.684. The molecule has 0 spiro atoms. The summed E-state index contributed by atoms with van der Waals surface area (Å²) in [7, 11) is 0. The number of anilines is 1. The Balaban J connectivity index is 1.64. The molecule has 0 bridgehead atoms. The van der Waals surface area contributed by atoms with Gasteiger partial charge in [-0.1, -0.05) is 0 Å². The van der Waals surface area contributed by atoms with Gasteiger partial charge in [0.25, 0.3) is 0 Å². The predicted octanol–water partition coefficient (Wildman–Crippen LogP) is 1.67. The van der Waals surface area contributed by atoms with Crippen molar-refractivity contribution in [2.45, 2.75) is 39.4 Å². The zero-order chi connectivity index (χ0) is 14.2. The molecule has 20 heavy (non-hydrogen) atoms. The van der Waals surface area contributed by atoms with Crippen LogP contribution < -0.4 is 10.6 Å². The molecule has 0 aromatic carbocycles. The number of nitrogens with one attached hydrogen (secondary N) is 2. The lowest BCUT2D eigenvalue weighted by molar-refractivity contribution is 0.579. The van der Waals surface area contributed by atoms with Gasteiger partial charge in [-0.15, -0.1) is 0 Å². The zero-order valence-corrected chi connectivity index (χ0v) is 12.1. The highest BCUT2D eigenvalue weighted by Gasteiger charge is 1.99. The van der Waals surface area contributed by atoms with Crippen molar-refractivity contribution in [1.82, 2.24) is 24.8 Å². The lowest BCUT2D eigenvalue weighted by atomic mass is 10.3. The summed E-state index contributed by atoms with van der Waals surface area (Å²) in [5, 5.41) is 6.56. The lowest BCUT2D eigenvalue weighted by Crippen LogP contribution is -2.17. The molecular formula is C14H22N6. The summed E-state index contributed by atoms with van der Waals surface area (Å²) in [6, 6.07) is 0.349. The molecule has 0 radical (unpaired) electrons. The second-order valence-corrected chi connectivity index (χ2v) is 5.04. The van der Waals surface area contributed by atoms with Gasteiger partial charge in [-0.05, 0) is 26.8 Å². The molecule has 0 amide bonds. The molecule has 2 N–H and O–H groups in total. The minimum atomic E-state index is 0.349. The van der Waals surface area contributed by atoms with Crippen LogP contribution in [0.15, 0.2) is 31.1 Å². The average Bonchev–Trinajstić information content (AvgIpc) is 2.93. The summed E-state index contributed by atoms with van der Waals surface area (Å²) >= 11 is 0. The third kappa shape index (κ3) is 4.97. The number of aromatic nitrogens is 4. The van der Waals surface area contributed by atoms with Crippen molar-refractivity contribution in [3.8, 4) is 0 Å². The maximum absolute atomic E-state index is 4.28. The Labute approximate surface area is 119 Å². The normalized spacial score (nSPS) is 10.9. The van der Waals surface area contributed by atoms with Gasteiger partial charge in [-0.25, -0.2) is 15.0 Å². The van der Waals surface area contributed by atoms with Crippen LogP contribution in [0.5, 0.6) is 0 Å². The fraction of sp³-hybridized carbons (Fsp3) is 0.500. The number of nitrogens with zero attached hydrogens (tertiary/aromatic N) is 4. The van der Waals surface area contributed by atoms with E-state index < -0.39 is 0 Å². The van der Waals surface area contributed by atoms with E-state index in [1.54, 1.807) is 6.20 Å². The fourth-order valence-electron chi connectivity index (χ4n) is 1.82. The second kappa shape index (κ2) is 7.59. The summed E-state index contributed by atoms with van der Waals surface area (Å²) in [6.07, 6.45) is 10.4. The van der Waals surface area contributed by atoms with E-state index in [1.807, 2.05) is 24.9 Å². The van der Waals surface area contributed by atoms with Crippen LogP contribution in [0.3, 0.4) is 0 Å². The van der Waals surface area contributed by atoms with Crippen LogP contribution in [0.4, 0.5) is 5.95 Å². The third-order valence-electron chi connectivity index (χ3n) is 2.78. The first-order chi connectivity index (χ1) is 9.74. The molecule has 0 saturated carbocycles. The molecule has 0 aliphatic carbocycles. The van der Waals surface area contributed by atoms with Crippen molar-refractivity contribution in [2.24, 2.45) is 0 Å². The highest BCUT2D eigenvalue weighted by atomic mass is 15.1. The molecule has 0 saturated heterocycles. The quantitative estimate of drug-likeness (QED) is 0.717. The van der Waals surface area contributed by atoms with Crippen LogP contribution in [0, 0.1) is 0 Å². The number of hydrogen-bond donors (Lipinski definition) is 2. The minimum Gasteiger partial charge on any atom is -0.352 e. The van der Waals surface area contributed by atoms with E-state index in [2.05, 4.69) is 44.0 Å². The Morgan fingerprint density at radius 1 is 1.25 bits per heavy atom. The summed E-state index contributed by atoms with van der Waals surface area (Å²) < 4.78 is 2.08. The number of hydrogen-bond acceptors (Lipinski definition) is 5. The Kier molecular flexibility index (Phi) is 5.49. The Morgan fingerprint density at radius 2 is 2.05 bits per heavy atom. The van der Waals surface area contributed by atoms with E-state index in [-0.39, 0.29) is 0 Å². The Hall–Kier alpha value is -1.95. The predicted molar refractivity (Wildman–Crippen MR) is 79.3 cm³/mol. The standard InChI is InChI=1S/C14H22N6/c1-12(2)19-14-17-9-13(10-18-14)8-15-4-3-6-20-7-5-16-11-20/h5,7,9-12,15H,3-4,6,8H2,1-2H3,(H,17,18,19). The molecule has 0 aliphatic rings. The van der Waals surface area contributed by atoms with E-state index in [9.17, 15) is 0 Å². The summed E-state index contributed by atoms with van der Waals surface area (Å²) in [6.45, 7) is 6.88. The van der Waals surface area contributed by atoms with Crippen molar-refractivity contribution in [1.29, 1.82) is 0 Å². The van der Waals surface area contributed by atoms with E-state index in [0.29, 0.717) is 12.0 Å². The van der Waals surface area contributed by atoms with Gasteiger partial charge in [-0.2, -0.15) is 0 Å². The van der Waals surface area contributed by atoms with Gasteiger partial charge < -0.3 is 15.2 Å². The first-order valence-corrected chi connectivity index (χ1v) is 6.98. The van der Waals surface area contributed by atoms with E-state index in [1.165, 1.54) is 0 Å². The Morgan fingerprint density at radius 3 is 2.70 bits per heavy atom. The van der Waals surface area contributed by atoms with Crippen molar-refractivity contribution < 1.29 is 0 Å². The molecule has 2 aromatic rings. The average molecular weight is 274 g/mol. The number of rotatable bonds is 8. The van der Waals surface area contributed by atoms with Gasteiger partial charge in [0.05, 0.1) is 6.33 Å². The molecule has 2 aromatic heterocycles. The van der Waals surface area contributed by atoms with Crippen LogP contribution in [0.1, 0.15) is 25.8 Å². The zero-order valence-electron chi connectivity index (χ0n) is 12.1. The van der Waals surface area contributed by atoms with Gasteiger partial charge in [0.2, 0.25) is 5.95 Å². The number of imidazole rings is 1. The molecule has 0 fully saturated rings. The third-order valence-corrected chi connectivity index (χ3v) is 2.78. The molecule has 108 valence electrons. The molecule has 0 unspecified atom stereocenters. The lowest BCUT2D eigenvalue weighted by Gasteiger charge is -2.08. The van der Waals surface area contributed by atoms with E-state index in [4.69, 9.17) is 0 Å². The fourth-order valence-corrected chi connectivity index (χ4v) is 1.82. The van der Waals surface area contributed by atoms with Crippen molar-refractivity contribution in [3.05, 3.63) is 36.7 Å². The first-order valence-electron chi connectivity index (χ1n) is 6.98. The van der Waals surface area contributed by atoms with Crippen molar-refractivity contribution in [2.75, 3.05) is 11.9 Å². The van der Waals surface area contributed by atoms with Gasteiger partial charge in [0, 0.05) is 49.5 Å². The molecule has 0 atom stereocenters. The van der Waals surface area contributed by atoms with Gasteiger partial charge in [0.15, 0.2) is 0 Å². The molecule has 2 rings (SSSR count). The highest BCUT2D eigenvalue weighted by Crippen LogP contribution is 2.01. The van der Waals surface area contributed by atoms with Crippen LogP contribution >= 0.6 is 0 Å². The van der Waals surface area contributed by atoms with E-state index in [0.717, 1.165) is 31.6 Å². The van der Waals surface area contributed by atoms with E-state index >= 15 is 0 Å². The van der Waals surface area contributed by atoms with Crippen molar-refractivity contribution >= 4 is 5.95 Å².